The van der Waals surface area contributed by atoms with Crippen LogP contribution in [0.4, 0.5) is 0 Å². The third kappa shape index (κ3) is 8.08. The highest BCUT2D eigenvalue weighted by molar-refractivity contribution is 4.83. The molecule has 3 heteroatoms. The monoisotopic (exact) mass is 230 g/mol. The predicted molar refractivity (Wildman–Crippen MR) is 70.5 cm³/mol. The summed E-state index contributed by atoms with van der Waals surface area (Å²) in [7, 11) is 0. The molecule has 0 saturated carbocycles. The highest BCUT2D eigenvalue weighted by atomic mass is 16.2. The van der Waals surface area contributed by atoms with Gasteiger partial charge in [-0.25, -0.2) is 0 Å². The van der Waals surface area contributed by atoms with Crippen molar-refractivity contribution in [3.63, 3.8) is 0 Å². The van der Waals surface area contributed by atoms with Crippen molar-refractivity contribution in [3.8, 4) is 0 Å². The first kappa shape index (κ1) is 15.9. The minimum absolute atomic E-state index is 0.0865. The van der Waals surface area contributed by atoms with E-state index in [1.807, 2.05) is 0 Å². The average Bonchev–Trinajstić information content (AvgIpc) is 2.31. The molecular formula is C13H30N2O. The summed E-state index contributed by atoms with van der Waals surface area (Å²) in [6.45, 7) is 6.38. The number of nitrogens with one attached hydrogen (secondary N) is 1. The standard InChI is InChI=1S/C13H30N2O/c1-3-4-5-6-9-13(2,12-14)15-10-7-8-11-16/h15-16H,3-12,14H2,1-2H3. The molecule has 3 nitrogen and oxygen atoms in total. The molecule has 1 unspecified atom stereocenters. The van der Waals surface area contributed by atoms with Crippen LogP contribution in [0.5, 0.6) is 0 Å². The summed E-state index contributed by atoms with van der Waals surface area (Å²) in [6.07, 6.45) is 8.24. The molecule has 0 spiro atoms. The summed E-state index contributed by atoms with van der Waals surface area (Å²) in [5, 5.41) is 12.2. The maximum absolute atomic E-state index is 8.70. The van der Waals surface area contributed by atoms with Crippen LogP contribution in [0.3, 0.4) is 0 Å². The van der Waals surface area contributed by atoms with Gasteiger partial charge in [0, 0.05) is 18.7 Å². The van der Waals surface area contributed by atoms with Crippen LogP contribution in [0.25, 0.3) is 0 Å². The second kappa shape index (κ2) is 10.1. The van der Waals surface area contributed by atoms with E-state index >= 15 is 0 Å². The molecule has 98 valence electrons. The Morgan fingerprint density at radius 3 is 2.44 bits per heavy atom. The average molecular weight is 230 g/mol. The Morgan fingerprint density at radius 1 is 1.12 bits per heavy atom. The van der Waals surface area contributed by atoms with Crippen molar-refractivity contribution < 1.29 is 5.11 Å². The second-order valence-corrected chi connectivity index (χ2v) is 4.93. The van der Waals surface area contributed by atoms with Crippen LogP contribution in [0.15, 0.2) is 0 Å². The number of aliphatic hydroxyl groups excluding tert-OH is 1. The maximum Gasteiger partial charge on any atom is 0.0431 e. The molecule has 1 atom stereocenters. The molecule has 0 aromatic rings. The molecule has 0 rings (SSSR count). The smallest absolute Gasteiger partial charge is 0.0431 e. The van der Waals surface area contributed by atoms with Gasteiger partial charge in [0.2, 0.25) is 0 Å². The molecule has 0 aromatic heterocycles. The molecule has 0 aromatic carbocycles. The fourth-order valence-corrected chi connectivity index (χ4v) is 1.83. The first-order chi connectivity index (χ1) is 7.68. The topological polar surface area (TPSA) is 58.3 Å². The molecular weight excluding hydrogens is 200 g/mol. The van der Waals surface area contributed by atoms with Crippen LogP contribution in [0.2, 0.25) is 0 Å². The maximum atomic E-state index is 8.70. The zero-order chi connectivity index (χ0) is 12.3. The Balaban J connectivity index is 3.64. The SMILES string of the molecule is CCCCCCC(C)(CN)NCCCCO. The lowest BCUT2D eigenvalue weighted by atomic mass is 9.94. The van der Waals surface area contributed by atoms with Gasteiger partial charge in [-0.1, -0.05) is 32.6 Å². The summed E-state index contributed by atoms with van der Waals surface area (Å²) < 4.78 is 0. The molecule has 16 heavy (non-hydrogen) atoms. The molecule has 0 aliphatic carbocycles. The van der Waals surface area contributed by atoms with Gasteiger partial charge in [0.15, 0.2) is 0 Å². The van der Waals surface area contributed by atoms with Crippen molar-refractivity contribution in [2.45, 2.75) is 64.3 Å². The number of aliphatic hydroxyl groups is 1. The first-order valence-electron chi connectivity index (χ1n) is 6.74. The fourth-order valence-electron chi connectivity index (χ4n) is 1.83. The number of hydrogen-bond donors (Lipinski definition) is 3. The minimum Gasteiger partial charge on any atom is -0.396 e. The lowest BCUT2D eigenvalue weighted by molar-refractivity contribution is 0.274. The van der Waals surface area contributed by atoms with E-state index in [4.69, 9.17) is 10.8 Å². The summed E-state index contributed by atoms with van der Waals surface area (Å²) in [5.41, 5.74) is 5.91. The molecule has 0 heterocycles. The van der Waals surface area contributed by atoms with Crippen LogP contribution in [-0.4, -0.2) is 30.3 Å². The number of rotatable bonds is 11. The number of unbranched alkanes of at least 4 members (excludes halogenated alkanes) is 4. The van der Waals surface area contributed by atoms with Crippen molar-refractivity contribution in [1.82, 2.24) is 5.32 Å². The van der Waals surface area contributed by atoms with Crippen LogP contribution >= 0.6 is 0 Å². The highest BCUT2D eigenvalue weighted by Crippen LogP contribution is 2.14. The Bertz CT molecular complexity index is 139. The van der Waals surface area contributed by atoms with E-state index in [0.717, 1.165) is 25.8 Å². The van der Waals surface area contributed by atoms with E-state index in [2.05, 4.69) is 19.2 Å². The van der Waals surface area contributed by atoms with Gasteiger partial charge in [0.1, 0.15) is 0 Å². The summed E-state index contributed by atoms with van der Waals surface area (Å²) in [4.78, 5) is 0. The molecule has 4 N–H and O–H groups in total. The van der Waals surface area contributed by atoms with Gasteiger partial charge < -0.3 is 16.2 Å². The quantitative estimate of drug-likeness (QED) is 0.476. The van der Waals surface area contributed by atoms with Gasteiger partial charge in [-0.3, -0.25) is 0 Å². The highest BCUT2D eigenvalue weighted by Gasteiger charge is 2.20. The lowest BCUT2D eigenvalue weighted by Gasteiger charge is -2.29. The van der Waals surface area contributed by atoms with Crippen molar-refractivity contribution in [2.75, 3.05) is 19.7 Å². The zero-order valence-electron chi connectivity index (χ0n) is 11.1. The largest absolute Gasteiger partial charge is 0.396 e. The lowest BCUT2D eigenvalue weighted by Crippen LogP contribution is -2.48. The predicted octanol–water partition coefficient (Wildman–Crippen LogP) is 2.04. The summed E-state index contributed by atoms with van der Waals surface area (Å²) in [6, 6.07) is 0. The minimum atomic E-state index is 0.0865. The van der Waals surface area contributed by atoms with Crippen molar-refractivity contribution >= 4 is 0 Å². The van der Waals surface area contributed by atoms with Gasteiger partial charge >= 0.3 is 0 Å². The normalized spacial score (nSPS) is 15.0. The van der Waals surface area contributed by atoms with Gasteiger partial charge in [0.25, 0.3) is 0 Å². The van der Waals surface area contributed by atoms with Gasteiger partial charge in [-0.05, 0) is 32.7 Å². The molecule has 0 saturated heterocycles. The van der Waals surface area contributed by atoms with E-state index in [9.17, 15) is 0 Å². The Morgan fingerprint density at radius 2 is 1.88 bits per heavy atom. The fraction of sp³-hybridized carbons (Fsp3) is 1.00. The van der Waals surface area contributed by atoms with Gasteiger partial charge in [0.05, 0.1) is 0 Å². The van der Waals surface area contributed by atoms with Crippen molar-refractivity contribution in [1.29, 1.82) is 0 Å². The Hall–Kier alpha value is -0.120. The van der Waals surface area contributed by atoms with Crippen molar-refractivity contribution in [2.24, 2.45) is 5.73 Å². The second-order valence-electron chi connectivity index (χ2n) is 4.93. The van der Waals surface area contributed by atoms with E-state index < -0.39 is 0 Å². The number of hydrogen-bond acceptors (Lipinski definition) is 3. The third-order valence-corrected chi connectivity index (χ3v) is 3.17. The molecule has 0 radical (unpaired) electrons. The Labute approximate surface area is 101 Å². The summed E-state index contributed by atoms with van der Waals surface area (Å²) in [5.74, 6) is 0. The Kier molecular flexibility index (Phi) is 9.99. The first-order valence-corrected chi connectivity index (χ1v) is 6.74. The van der Waals surface area contributed by atoms with E-state index in [-0.39, 0.29) is 12.1 Å². The zero-order valence-corrected chi connectivity index (χ0v) is 11.1. The van der Waals surface area contributed by atoms with Crippen LogP contribution in [0.1, 0.15) is 58.8 Å². The van der Waals surface area contributed by atoms with Crippen molar-refractivity contribution in [3.05, 3.63) is 0 Å². The number of nitrogens with two attached hydrogens (primary N) is 1. The van der Waals surface area contributed by atoms with E-state index in [1.165, 1.54) is 25.7 Å². The molecule has 0 aliphatic heterocycles. The van der Waals surface area contributed by atoms with Gasteiger partial charge in [-0.2, -0.15) is 0 Å². The molecule has 0 amide bonds. The molecule has 0 fully saturated rings. The van der Waals surface area contributed by atoms with Crippen LogP contribution in [0, 0.1) is 0 Å². The van der Waals surface area contributed by atoms with E-state index in [1.54, 1.807) is 0 Å². The van der Waals surface area contributed by atoms with Crippen LogP contribution in [-0.2, 0) is 0 Å². The van der Waals surface area contributed by atoms with Gasteiger partial charge in [-0.15, -0.1) is 0 Å². The molecule has 0 bridgehead atoms. The third-order valence-electron chi connectivity index (χ3n) is 3.17. The van der Waals surface area contributed by atoms with E-state index in [0.29, 0.717) is 6.54 Å². The summed E-state index contributed by atoms with van der Waals surface area (Å²) >= 11 is 0. The van der Waals surface area contributed by atoms with Crippen LogP contribution < -0.4 is 11.1 Å². The molecule has 0 aliphatic rings.